The molecule has 1 saturated carbocycles. The molecule has 1 fully saturated rings. The van der Waals surface area contributed by atoms with Crippen molar-refractivity contribution in [3.63, 3.8) is 0 Å². The van der Waals surface area contributed by atoms with Crippen LogP contribution in [0.3, 0.4) is 0 Å². The van der Waals surface area contributed by atoms with E-state index in [-0.39, 0.29) is 0 Å². The second-order valence-electron chi connectivity index (χ2n) is 6.03. The first-order valence-electron chi connectivity index (χ1n) is 7.45. The maximum absolute atomic E-state index is 3.83. The number of nitrogens with one attached hydrogen (secondary N) is 1. The highest BCUT2D eigenvalue weighted by Crippen LogP contribution is 2.46. The standard InChI is InChI=1S/C16H27NS/c1-4-11-17-15(14-8-12-18-13(14)2)16(3)9-6-5-7-10-16/h8,12,15,17H,4-7,9-11H2,1-3H3. The molecule has 1 atom stereocenters. The molecule has 1 nitrogen and oxygen atoms in total. The summed E-state index contributed by atoms with van der Waals surface area (Å²) in [5.41, 5.74) is 2.01. The maximum Gasteiger partial charge on any atom is 0.0385 e. The maximum atomic E-state index is 3.83. The van der Waals surface area contributed by atoms with Crippen LogP contribution in [0.4, 0.5) is 0 Å². The fourth-order valence-electron chi connectivity index (χ4n) is 3.36. The number of aryl methyl sites for hydroxylation is 1. The van der Waals surface area contributed by atoms with Crippen LogP contribution in [0.25, 0.3) is 0 Å². The van der Waals surface area contributed by atoms with E-state index in [1.807, 2.05) is 11.3 Å². The Hall–Kier alpha value is -0.340. The van der Waals surface area contributed by atoms with E-state index in [4.69, 9.17) is 0 Å². The van der Waals surface area contributed by atoms with Gasteiger partial charge in [-0.3, -0.25) is 0 Å². The normalized spacial score (nSPS) is 20.8. The molecule has 0 bridgehead atoms. The van der Waals surface area contributed by atoms with Crippen molar-refractivity contribution in [3.05, 3.63) is 21.9 Å². The molecule has 0 amide bonds. The highest BCUT2D eigenvalue weighted by Gasteiger charge is 2.36. The van der Waals surface area contributed by atoms with Crippen molar-refractivity contribution in [1.29, 1.82) is 0 Å². The summed E-state index contributed by atoms with van der Waals surface area (Å²) in [6.07, 6.45) is 8.22. The first-order chi connectivity index (χ1) is 8.67. The van der Waals surface area contributed by atoms with Crippen molar-refractivity contribution in [3.8, 4) is 0 Å². The Morgan fingerprint density at radius 1 is 1.33 bits per heavy atom. The van der Waals surface area contributed by atoms with Gasteiger partial charge < -0.3 is 5.32 Å². The van der Waals surface area contributed by atoms with E-state index < -0.39 is 0 Å². The molecular weight excluding hydrogens is 238 g/mol. The SMILES string of the molecule is CCCNC(c1ccsc1C)C1(C)CCCCC1. The van der Waals surface area contributed by atoms with E-state index in [0.29, 0.717) is 11.5 Å². The molecule has 1 aliphatic carbocycles. The highest BCUT2D eigenvalue weighted by molar-refractivity contribution is 7.10. The third kappa shape index (κ3) is 2.97. The van der Waals surface area contributed by atoms with Crippen LogP contribution in [-0.4, -0.2) is 6.54 Å². The zero-order valence-electron chi connectivity index (χ0n) is 12.1. The van der Waals surface area contributed by atoms with Crippen LogP contribution in [0.2, 0.25) is 0 Å². The van der Waals surface area contributed by atoms with Gasteiger partial charge in [0.05, 0.1) is 0 Å². The van der Waals surface area contributed by atoms with Crippen molar-refractivity contribution >= 4 is 11.3 Å². The summed E-state index contributed by atoms with van der Waals surface area (Å²) >= 11 is 1.89. The Balaban J connectivity index is 2.21. The molecule has 0 radical (unpaired) electrons. The van der Waals surface area contributed by atoms with Gasteiger partial charge in [0.15, 0.2) is 0 Å². The molecule has 1 unspecified atom stereocenters. The molecule has 0 aromatic carbocycles. The minimum Gasteiger partial charge on any atom is -0.309 e. The average Bonchev–Trinajstić information content (AvgIpc) is 2.77. The Morgan fingerprint density at radius 3 is 2.61 bits per heavy atom. The third-order valence-corrected chi connectivity index (χ3v) is 5.36. The van der Waals surface area contributed by atoms with Gasteiger partial charge in [-0.1, -0.05) is 33.1 Å². The third-order valence-electron chi connectivity index (χ3n) is 4.50. The monoisotopic (exact) mass is 265 g/mol. The van der Waals surface area contributed by atoms with Gasteiger partial charge in [0.2, 0.25) is 0 Å². The van der Waals surface area contributed by atoms with Crippen LogP contribution >= 0.6 is 11.3 Å². The van der Waals surface area contributed by atoms with Gasteiger partial charge in [-0.25, -0.2) is 0 Å². The lowest BCUT2D eigenvalue weighted by molar-refractivity contribution is 0.144. The molecule has 1 heterocycles. The average molecular weight is 265 g/mol. The van der Waals surface area contributed by atoms with Gasteiger partial charge in [0.25, 0.3) is 0 Å². The fraction of sp³-hybridized carbons (Fsp3) is 0.750. The predicted octanol–water partition coefficient (Wildman–Crippen LogP) is 5.07. The number of hydrogen-bond donors (Lipinski definition) is 1. The largest absolute Gasteiger partial charge is 0.309 e. The molecule has 1 aliphatic rings. The highest BCUT2D eigenvalue weighted by atomic mass is 32.1. The van der Waals surface area contributed by atoms with E-state index in [0.717, 1.165) is 6.54 Å². The predicted molar refractivity (Wildman–Crippen MR) is 81.3 cm³/mol. The van der Waals surface area contributed by atoms with Crippen LogP contribution in [-0.2, 0) is 0 Å². The van der Waals surface area contributed by atoms with Crippen LogP contribution in [0.15, 0.2) is 11.4 Å². The molecule has 18 heavy (non-hydrogen) atoms. The van der Waals surface area contributed by atoms with Crippen molar-refractivity contribution in [2.24, 2.45) is 5.41 Å². The molecular formula is C16H27NS. The minimum atomic E-state index is 0.458. The summed E-state index contributed by atoms with van der Waals surface area (Å²) in [4.78, 5) is 1.50. The van der Waals surface area contributed by atoms with Crippen LogP contribution in [0.5, 0.6) is 0 Å². The molecule has 2 rings (SSSR count). The van der Waals surface area contributed by atoms with E-state index in [9.17, 15) is 0 Å². The van der Waals surface area contributed by atoms with Crippen molar-refractivity contribution in [2.75, 3.05) is 6.54 Å². The van der Waals surface area contributed by atoms with Crippen molar-refractivity contribution < 1.29 is 0 Å². The van der Waals surface area contributed by atoms with Crippen LogP contribution in [0, 0.1) is 12.3 Å². The fourth-order valence-corrected chi connectivity index (χ4v) is 4.10. The number of hydrogen-bond acceptors (Lipinski definition) is 2. The molecule has 0 saturated heterocycles. The Labute approximate surface area is 116 Å². The van der Waals surface area contributed by atoms with Gasteiger partial charge in [-0.2, -0.15) is 0 Å². The van der Waals surface area contributed by atoms with E-state index in [1.165, 1.54) is 43.4 Å². The van der Waals surface area contributed by atoms with Crippen LogP contribution < -0.4 is 5.32 Å². The second-order valence-corrected chi connectivity index (χ2v) is 7.15. The Morgan fingerprint density at radius 2 is 2.06 bits per heavy atom. The van der Waals surface area contributed by atoms with Gasteiger partial charge in [0, 0.05) is 10.9 Å². The number of rotatable bonds is 5. The summed E-state index contributed by atoms with van der Waals surface area (Å²) in [5.74, 6) is 0. The first kappa shape index (κ1) is 14.1. The molecule has 0 aliphatic heterocycles. The Kier molecular flexibility index (Phi) is 4.85. The molecule has 1 N–H and O–H groups in total. The van der Waals surface area contributed by atoms with Gasteiger partial charge in [-0.15, -0.1) is 11.3 Å². The minimum absolute atomic E-state index is 0.458. The topological polar surface area (TPSA) is 12.0 Å². The lowest BCUT2D eigenvalue weighted by Crippen LogP contribution is -2.38. The van der Waals surface area contributed by atoms with Gasteiger partial charge >= 0.3 is 0 Å². The summed E-state index contributed by atoms with van der Waals surface area (Å²) in [6, 6.07) is 2.90. The number of thiophene rings is 1. The summed E-state index contributed by atoms with van der Waals surface area (Å²) in [5, 5.41) is 6.08. The Bertz CT molecular complexity index is 363. The van der Waals surface area contributed by atoms with E-state index >= 15 is 0 Å². The first-order valence-corrected chi connectivity index (χ1v) is 8.33. The second kappa shape index (κ2) is 6.21. The zero-order chi connectivity index (χ0) is 13.0. The van der Waals surface area contributed by atoms with Crippen LogP contribution in [0.1, 0.15) is 68.9 Å². The molecule has 102 valence electrons. The van der Waals surface area contributed by atoms with Gasteiger partial charge in [-0.05, 0) is 55.2 Å². The van der Waals surface area contributed by atoms with Gasteiger partial charge in [0.1, 0.15) is 0 Å². The molecule has 2 heteroatoms. The lowest BCUT2D eigenvalue weighted by atomic mass is 9.68. The molecule has 1 aromatic heterocycles. The van der Waals surface area contributed by atoms with E-state index in [2.05, 4.69) is 37.5 Å². The summed E-state index contributed by atoms with van der Waals surface area (Å²) in [6.45, 7) is 8.16. The van der Waals surface area contributed by atoms with Crippen molar-refractivity contribution in [1.82, 2.24) is 5.32 Å². The smallest absolute Gasteiger partial charge is 0.0385 e. The summed E-state index contributed by atoms with van der Waals surface area (Å²) < 4.78 is 0. The summed E-state index contributed by atoms with van der Waals surface area (Å²) in [7, 11) is 0. The zero-order valence-corrected chi connectivity index (χ0v) is 12.9. The molecule has 0 spiro atoms. The van der Waals surface area contributed by atoms with E-state index in [1.54, 1.807) is 5.56 Å². The lowest BCUT2D eigenvalue weighted by Gasteiger charge is -2.41. The quantitative estimate of drug-likeness (QED) is 0.784. The van der Waals surface area contributed by atoms with Crippen molar-refractivity contribution in [2.45, 2.75) is 65.3 Å². The molecule has 1 aromatic rings.